The minimum absolute atomic E-state index is 0.218. The standard InChI is InChI=1S/C6H11N3/c1-2-3-4-9-5-6(7)8/h2-5H,7-8H2,1H3/b3-2+,9-4-. The quantitative estimate of drug-likeness (QED) is 0.523. The highest BCUT2D eigenvalue weighted by Crippen LogP contribution is 1.72. The third kappa shape index (κ3) is 6.75. The number of nitrogens with two attached hydrogens (primary N) is 2. The molecule has 9 heavy (non-hydrogen) atoms. The molecule has 0 aliphatic heterocycles. The van der Waals surface area contributed by atoms with E-state index in [2.05, 4.69) is 4.99 Å². The van der Waals surface area contributed by atoms with Crippen LogP contribution >= 0.6 is 0 Å². The Balaban J connectivity index is 3.60. The predicted octanol–water partition coefficient (Wildman–Crippen LogP) is 0.350. The summed E-state index contributed by atoms with van der Waals surface area (Å²) < 4.78 is 0. The molecule has 0 saturated carbocycles. The number of aliphatic imine (C=N–C) groups is 1. The van der Waals surface area contributed by atoms with Crippen molar-refractivity contribution in [2.75, 3.05) is 0 Å². The molecule has 0 fully saturated rings. The minimum atomic E-state index is 0.218. The van der Waals surface area contributed by atoms with Crippen molar-refractivity contribution in [3.63, 3.8) is 0 Å². The zero-order valence-electron chi connectivity index (χ0n) is 5.41. The highest BCUT2D eigenvalue weighted by Gasteiger charge is 1.67. The lowest BCUT2D eigenvalue weighted by atomic mass is 10.6. The van der Waals surface area contributed by atoms with Gasteiger partial charge in [-0.15, -0.1) is 0 Å². The summed E-state index contributed by atoms with van der Waals surface area (Å²) in [6.07, 6.45) is 6.66. The van der Waals surface area contributed by atoms with Gasteiger partial charge in [0.25, 0.3) is 0 Å². The number of nitrogens with zero attached hydrogens (tertiary/aromatic N) is 1. The average molecular weight is 125 g/mol. The van der Waals surface area contributed by atoms with Crippen molar-refractivity contribution in [1.29, 1.82) is 0 Å². The van der Waals surface area contributed by atoms with Crippen molar-refractivity contribution < 1.29 is 0 Å². The number of hydrogen-bond donors (Lipinski definition) is 2. The molecule has 0 aromatic heterocycles. The fourth-order valence-electron chi connectivity index (χ4n) is 0.265. The van der Waals surface area contributed by atoms with Crippen LogP contribution in [0.2, 0.25) is 0 Å². The van der Waals surface area contributed by atoms with Gasteiger partial charge in [-0.2, -0.15) is 0 Å². The van der Waals surface area contributed by atoms with E-state index in [4.69, 9.17) is 11.5 Å². The average Bonchev–Trinajstić information content (AvgIpc) is 1.80. The molecule has 0 aromatic carbocycles. The summed E-state index contributed by atoms with van der Waals surface area (Å²) in [7, 11) is 0. The van der Waals surface area contributed by atoms with Gasteiger partial charge in [-0.25, -0.2) is 0 Å². The molecule has 0 radical (unpaired) electrons. The summed E-state index contributed by atoms with van der Waals surface area (Å²) in [6.45, 7) is 1.90. The number of rotatable bonds is 2. The predicted molar refractivity (Wildman–Crippen MR) is 39.8 cm³/mol. The maximum Gasteiger partial charge on any atom is 0.112 e. The number of hydrogen-bond acceptors (Lipinski definition) is 3. The molecule has 0 aliphatic rings. The largest absolute Gasteiger partial charge is 0.384 e. The fourth-order valence-corrected chi connectivity index (χ4v) is 0.265. The molecule has 0 rings (SSSR count). The van der Waals surface area contributed by atoms with E-state index in [1.165, 1.54) is 6.20 Å². The van der Waals surface area contributed by atoms with Crippen LogP contribution in [0.4, 0.5) is 0 Å². The summed E-state index contributed by atoms with van der Waals surface area (Å²) in [5.41, 5.74) is 10.2. The Morgan fingerprint density at radius 1 is 1.44 bits per heavy atom. The molecule has 4 N–H and O–H groups in total. The molecule has 0 saturated heterocycles. The molecular weight excluding hydrogens is 114 g/mol. The van der Waals surface area contributed by atoms with Crippen molar-refractivity contribution in [1.82, 2.24) is 0 Å². The lowest BCUT2D eigenvalue weighted by molar-refractivity contribution is 1.22. The zero-order chi connectivity index (χ0) is 7.11. The van der Waals surface area contributed by atoms with E-state index in [9.17, 15) is 0 Å². The molecule has 50 valence electrons. The molecule has 0 unspecified atom stereocenters. The van der Waals surface area contributed by atoms with Crippen LogP contribution < -0.4 is 11.5 Å². The van der Waals surface area contributed by atoms with Gasteiger partial charge in [0.05, 0.1) is 6.20 Å². The van der Waals surface area contributed by atoms with Gasteiger partial charge in [0.2, 0.25) is 0 Å². The molecular formula is C6H11N3. The second kappa shape index (κ2) is 4.90. The molecule has 0 heterocycles. The Bertz CT molecular complexity index is 140. The molecule has 3 nitrogen and oxygen atoms in total. The SMILES string of the molecule is C/C=C/C=N\C=C(N)N. The lowest BCUT2D eigenvalue weighted by Gasteiger charge is -1.81. The zero-order valence-corrected chi connectivity index (χ0v) is 5.41. The smallest absolute Gasteiger partial charge is 0.112 e. The van der Waals surface area contributed by atoms with Crippen LogP contribution in [-0.2, 0) is 0 Å². The van der Waals surface area contributed by atoms with Gasteiger partial charge in [0.1, 0.15) is 5.82 Å². The monoisotopic (exact) mass is 125 g/mol. The van der Waals surface area contributed by atoms with Crippen LogP contribution in [0, 0.1) is 0 Å². The minimum Gasteiger partial charge on any atom is -0.384 e. The maximum atomic E-state index is 5.08. The first-order valence-corrected chi connectivity index (χ1v) is 2.63. The normalized spacial score (nSPS) is 10.8. The van der Waals surface area contributed by atoms with Crippen LogP contribution in [0.3, 0.4) is 0 Å². The van der Waals surface area contributed by atoms with E-state index in [0.29, 0.717) is 0 Å². The molecule has 0 aromatic rings. The van der Waals surface area contributed by atoms with Crippen LogP contribution in [0.1, 0.15) is 6.92 Å². The van der Waals surface area contributed by atoms with Gasteiger partial charge in [-0.3, -0.25) is 4.99 Å². The fraction of sp³-hybridized carbons (Fsp3) is 0.167. The summed E-state index contributed by atoms with van der Waals surface area (Å²) in [5.74, 6) is 0.218. The highest BCUT2D eigenvalue weighted by molar-refractivity contribution is 5.71. The lowest BCUT2D eigenvalue weighted by Crippen LogP contribution is -2.06. The number of allylic oxidation sites excluding steroid dienone is 2. The Morgan fingerprint density at radius 3 is 2.56 bits per heavy atom. The van der Waals surface area contributed by atoms with Crippen LogP contribution in [0.15, 0.2) is 29.2 Å². The van der Waals surface area contributed by atoms with E-state index in [1.807, 2.05) is 13.0 Å². The Kier molecular flexibility index (Phi) is 4.22. The van der Waals surface area contributed by atoms with Crippen LogP contribution in [-0.4, -0.2) is 6.21 Å². The topological polar surface area (TPSA) is 64.4 Å². The Labute approximate surface area is 54.8 Å². The van der Waals surface area contributed by atoms with Crippen LogP contribution in [0.5, 0.6) is 0 Å². The Morgan fingerprint density at radius 2 is 2.11 bits per heavy atom. The molecule has 3 heteroatoms. The Hall–Kier alpha value is -1.25. The third-order valence-electron chi connectivity index (χ3n) is 0.588. The first kappa shape index (κ1) is 7.75. The van der Waals surface area contributed by atoms with E-state index in [-0.39, 0.29) is 5.82 Å². The van der Waals surface area contributed by atoms with Crippen molar-refractivity contribution in [3.05, 3.63) is 24.2 Å². The molecule has 0 bridgehead atoms. The summed E-state index contributed by atoms with van der Waals surface area (Å²) in [5, 5.41) is 0. The summed E-state index contributed by atoms with van der Waals surface area (Å²) in [6, 6.07) is 0. The second-order valence-corrected chi connectivity index (χ2v) is 1.45. The van der Waals surface area contributed by atoms with E-state index in [0.717, 1.165) is 0 Å². The third-order valence-corrected chi connectivity index (χ3v) is 0.588. The van der Waals surface area contributed by atoms with Crippen molar-refractivity contribution in [3.8, 4) is 0 Å². The van der Waals surface area contributed by atoms with Gasteiger partial charge in [-0.05, 0) is 13.0 Å². The summed E-state index contributed by atoms with van der Waals surface area (Å²) >= 11 is 0. The maximum absolute atomic E-state index is 5.08. The van der Waals surface area contributed by atoms with Gasteiger partial charge >= 0.3 is 0 Å². The molecule has 0 aliphatic carbocycles. The van der Waals surface area contributed by atoms with Crippen molar-refractivity contribution in [2.45, 2.75) is 6.92 Å². The van der Waals surface area contributed by atoms with Crippen molar-refractivity contribution in [2.24, 2.45) is 16.5 Å². The van der Waals surface area contributed by atoms with Crippen LogP contribution in [0.25, 0.3) is 0 Å². The highest BCUT2D eigenvalue weighted by atomic mass is 14.8. The van der Waals surface area contributed by atoms with E-state index in [1.54, 1.807) is 12.3 Å². The first-order valence-electron chi connectivity index (χ1n) is 2.63. The van der Waals surface area contributed by atoms with Crippen molar-refractivity contribution >= 4 is 6.21 Å². The van der Waals surface area contributed by atoms with Gasteiger partial charge in [0, 0.05) is 6.21 Å². The van der Waals surface area contributed by atoms with E-state index >= 15 is 0 Å². The van der Waals surface area contributed by atoms with Gasteiger partial charge in [0.15, 0.2) is 0 Å². The van der Waals surface area contributed by atoms with Gasteiger partial charge < -0.3 is 11.5 Å². The second-order valence-electron chi connectivity index (χ2n) is 1.45. The van der Waals surface area contributed by atoms with Gasteiger partial charge in [-0.1, -0.05) is 6.08 Å². The molecule has 0 amide bonds. The molecule has 0 atom stereocenters. The first-order chi connectivity index (χ1) is 4.27. The molecule has 0 spiro atoms. The summed E-state index contributed by atoms with van der Waals surface area (Å²) in [4.78, 5) is 3.74. The van der Waals surface area contributed by atoms with E-state index < -0.39 is 0 Å².